The predicted molar refractivity (Wildman–Crippen MR) is 103 cm³/mol. The van der Waals surface area contributed by atoms with E-state index in [1.165, 1.54) is 44.2 Å². The summed E-state index contributed by atoms with van der Waals surface area (Å²) in [6, 6.07) is 5.30. The van der Waals surface area contributed by atoms with E-state index in [1.54, 1.807) is 24.4 Å². The van der Waals surface area contributed by atoms with E-state index in [-0.39, 0.29) is 30.1 Å². The first kappa shape index (κ1) is 21.4. The maximum atomic E-state index is 12.3. The molecule has 0 radical (unpaired) electrons. The van der Waals surface area contributed by atoms with Crippen molar-refractivity contribution in [3.05, 3.63) is 24.4 Å². The zero-order valence-electron chi connectivity index (χ0n) is 13.0. The number of hydrogen-bond donors (Lipinski definition) is 1. The Morgan fingerprint density at radius 1 is 1.35 bits per heavy atom. The van der Waals surface area contributed by atoms with Crippen molar-refractivity contribution in [1.29, 1.82) is 0 Å². The number of hydrogen-bond acceptors (Lipinski definition) is 9. The van der Waals surface area contributed by atoms with Crippen LogP contribution in [-0.4, -0.2) is 49.3 Å². The second kappa shape index (κ2) is 8.86. The average Bonchev–Trinajstić information content (AvgIpc) is 2.90. The molecule has 2 heterocycles. The molecule has 0 spiro atoms. The minimum atomic E-state index is -4.86. The molecule has 1 fully saturated rings. The van der Waals surface area contributed by atoms with Gasteiger partial charge in [0.15, 0.2) is 0 Å². The number of pyridine rings is 1. The van der Waals surface area contributed by atoms with Gasteiger partial charge in [-0.15, -0.1) is 5.06 Å². The Labute approximate surface area is 170 Å². The standard InChI is InChI=1S/C13H13IN2O7S3/c14-13(26(20,21)22,6-8-24-25-9-3-1-2-7-15-9)12(19)23-16-10(17)4-5-11(16)18/h1-3,7H,4-6,8H2,(H,20,21,22). The lowest BCUT2D eigenvalue weighted by Crippen LogP contribution is -2.46. The summed E-state index contributed by atoms with van der Waals surface area (Å²) in [5.74, 6) is -2.72. The zero-order chi connectivity index (χ0) is 19.4. The summed E-state index contributed by atoms with van der Waals surface area (Å²) in [4.78, 5) is 44.0. The lowest BCUT2D eigenvalue weighted by molar-refractivity contribution is -0.197. The molecule has 1 aromatic heterocycles. The SMILES string of the molecule is O=C1CCC(=O)N1OC(=O)C(I)(CCSSc1ccccn1)S(=O)(=O)O. The van der Waals surface area contributed by atoms with Gasteiger partial charge in [0.05, 0.1) is 0 Å². The van der Waals surface area contributed by atoms with E-state index < -0.39 is 30.7 Å². The van der Waals surface area contributed by atoms with Crippen molar-refractivity contribution >= 4 is 72.1 Å². The highest BCUT2D eigenvalue weighted by molar-refractivity contribution is 14.1. The van der Waals surface area contributed by atoms with Gasteiger partial charge in [-0.05, 0) is 51.9 Å². The van der Waals surface area contributed by atoms with Crippen LogP contribution in [0.5, 0.6) is 0 Å². The molecule has 0 aromatic carbocycles. The number of halogens is 1. The van der Waals surface area contributed by atoms with Crippen molar-refractivity contribution < 1.29 is 32.2 Å². The normalized spacial score (nSPS) is 17.2. The molecule has 1 aliphatic rings. The van der Waals surface area contributed by atoms with E-state index in [2.05, 4.69) is 9.82 Å². The van der Waals surface area contributed by atoms with Gasteiger partial charge in [-0.3, -0.25) is 14.1 Å². The summed E-state index contributed by atoms with van der Waals surface area (Å²) in [5, 5.41) is 0.940. The van der Waals surface area contributed by atoms with Crippen LogP contribution in [0.1, 0.15) is 19.3 Å². The molecule has 26 heavy (non-hydrogen) atoms. The first-order valence-corrected chi connectivity index (χ1v) is 11.9. The fourth-order valence-electron chi connectivity index (χ4n) is 1.82. The van der Waals surface area contributed by atoms with Gasteiger partial charge in [0.1, 0.15) is 5.03 Å². The number of rotatable bonds is 8. The molecule has 1 aliphatic heterocycles. The summed E-state index contributed by atoms with van der Waals surface area (Å²) in [5.41, 5.74) is 0. The van der Waals surface area contributed by atoms with Crippen LogP contribution in [-0.2, 0) is 29.3 Å². The summed E-state index contributed by atoms with van der Waals surface area (Å²) < 4.78 is 30.6. The van der Waals surface area contributed by atoms with Crippen molar-refractivity contribution in [3.63, 3.8) is 0 Å². The van der Waals surface area contributed by atoms with Crippen LogP contribution in [0.3, 0.4) is 0 Å². The third-order valence-electron chi connectivity index (χ3n) is 3.18. The largest absolute Gasteiger partial charge is 0.366 e. The summed E-state index contributed by atoms with van der Waals surface area (Å²) in [6.07, 6.45) is 1.06. The smallest absolute Gasteiger partial charge is 0.328 e. The van der Waals surface area contributed by atoms with Crippen molar-refractivity contribution in [3.8, 4) is 0 Å². The third-order valence-corrected chi connectivity index (χ3v) is 9.29. The Bertz CT molecular complexity index is 789. The molecule has 1 atom stereocenters. The first-order valence-electron chi connectivity index (χ1n) is 7.10. The minimum Gasteiger partial charge on any atom is -0.328 e. The summed E-state index contributed by atoms with van der Waals surface area (Å²) in [7, 11) is -2.36. The number of nitrogens with zero attached hydrogens (tertiary/aromatic N) is 2. The van der Waals surface area contributed by atoms with E-state index in [0.29, 0.717) is 5.03 Å². The van der Waals surface area contributed by atoms with Crippen molar-refractivity contribution in [1.82, 2.24) is 10.0 Å². The number of hydroxylamine groups is 2. The number of imide groups is 1. The van der Waals surface area contributed by atoms with Gasteiger partial charge < -0.3 is 4.84 Å². The lowest BCUT2D eigenvalue weighted by Gasteiger charge is -2.23. The molecule has 9 nitrogen and oxygen atoms in total. The summed E-state index contributed by atoms with van der Waals surface area (Å²) in [6.45, 7) is 0. The van der Waals surface area contributed by atoms with Crippen LogP contribution in [0.25, 0.3) is 0 Å². The molecule has 1 aromatic rings. The molecule has 1 saturated heterocycles. The van der Waals surface area contributed by atoms with Gasteiger partial charge in [-0.25, -0.2) is 9.78 Å². The number of aromatic nitrogens is 1. The highest BCUT2D eigenvalue weighted by Gasteiger charge is 2.51. The van der Waals surface area contributed by atoms with Crippen molar-refractivity contribution in [2.75, 3.05) is 5.75 Å². The van der Waals surface area contributed by atoms with Crippen molar-refractivity contribution in [2.45, 2.75) is 27.0 Å². The lowest BCUT2D eigenvalue weighted by atomic mass is 10.3. The highest BCUT2D eigenvalue weighted by Crippen LogP contribution is 2.37. The molecule has 0 bridgehead atoms. The summed E-state index contributed by atoms with van der Waals surface area (Å²) >= 11 is 1.26. The number of carbonyl (C=O) groups is 3. The molecule has 142 valence electrons. The van der Waals surface area contributed by atoms with Crippen LogP contribution in [0, 0.1) is 0 Å². The monoisotopic (exact) mass is 532 g/mol. The van der Waals surface area contributed by atoms with Gasteiger partial charge in [0, 0.05) is 24.8 Å². The van der Waals surface area contributed by atoms with E-state index >= 15 is 0 Å². The van der Waals surface area contributed by atoms with Crippen molar-refractivity contribution in [2.24, 2.45) is 0 Å². The average molecular weight is 532 g/mol. The Kier molecular flexibility index (Phi) is 7.29. The minimum absolute atomic E-state index is 0.122. The fourth-order valence-corrected chi connectivity index (χ4v) is 5.28. The fraction of sp³-hybridized carbons (Fsp3) is 0.385. The molecule has 1 N–H and O–H groups in total. The van der Waals surface area contributed by atoms with E-state index in [4.69, 9.17) is 0 Å². The molecular formula is C13H13IN2O7S3. The topological polar surface area (TPSA) is 131 Å². The number of amides is 2. The zero-order valence-corrected chi connectivity index (χ0v) is 17.6. The second-order valence-corrected chi connectivity index (χ2v) is 11.6. The van der Waals surface area contributed by atoms with Gasteiger partial charge in [-0.2, -0.15) is 8.42 Å². The van der Waals surface area contributed by atoms with Crippen LogP contribution in [0.4, 0.5) is 0 Å². The van der Waals surface area contributed by atoms with E-state index in [0.717, 1.165) is 0 Å². The number of carbonyl (C=O) groups excluding carboxylic acids is 3. The molecule has 13 heteroatoms. The molecule has 2 rings (SSSR count). The molecule has 0 saturated carbocycles. The highest BCUT2D eigenvalue weighted by atomic mass is 127. The van der Waals surface area contributed by atoms with E-state index in [9.17, 15) is 27.4 Å². The Morgan fingerprint density at radius 3 is 2.54 bits per heavy atom. The van der Waals surface area contributed by atoms with Gasteiger partial charge in [0.2, 0.25) is 2.75 Å². The van der Waals surface area contributed by atoms with Gasteiger partial charge >= 0.3 is 5.97 Å². The van der Waals surface area contributed by atoms with Crippen LogP contribution in [0.2, 0.25) is 0 Å². The Hall–Kier alpha value is -0.900. The molecule has 0 aliphatic carbocycles. The van der Waals surface area contributed by atoms with Gasteiger partial charge in [0.25, 0.3) is 21.9 Å². The maximum absolute atomic E-state index is 12.3. The van der Waals surface area contributed by atoms with Crippen LogP contribution < -0.4 is 0 Å². The van der Waals surface area contributed by atoms with Crippen LogP contribution in [0.15, 0.2) is 29.4 Å². The molecular weight excluding hydrogens is 519 g/mol. The second-order valence-electron chi connectivity index (χ2n) is 4.99. The first-order chi connectivity index (χ1) is 12.1. The predicted octanol–water partition coefficient (Wildman–Crippen LogP) is 1.84. The Balaban J connectivity index is 2.01. The quantitative estimate of drug-likeness (QED) is 0.132. The Morgan fingerprint density at radius 2 is 2.00 bits per heavy atom. The molecule has 1 unspecified atom stereocenters. The third kappa shape index (κ3) is 5.09. The number of alkyl halides is 1. The molecule has 2 amide bonds. The maximum Gasteiger partial charge on any atom is 0.366 e. The van der Waals surface area contributed by atoms with E-state index in [1.807, 2.05) is 0 Å². The van der Waals surface area contributed by atoms with Crippen LogP contribution >= 0.6 is 44.2 Å². The van der Waals surface area contributed by atoms with Gasteiger partial charge in [-0.1, -0.05) is 16.9 Å².